The van der Waals surface area contributed by atoms with Gasteiger partial charge in [-0.3, -0.25) is 9.69 Å². The summed E-state index contributed by atoms with van der Waals surface area (Å²) in [7, 11) is 0. The van der Waals surface area contributed by atoms with E-state index in [1.54, 1.807) is 17.0 Å². The van der Waals surface area contributed by atoms with Gasteiger partial charge in [-0.05, 0) is 49.7 Å². The molecule has 6 heteroatoms. The second-order valence-corrected chi connectivity index (χ2v) is 6.20. The van der Waals surface area contributed by atoms with Gasteiger partial charge in [0.15, 0.2) is 0 Å². The summed E-state index contributed by atoms with van der Waals surface area (Å²) in [4.78, 5) is 27.8. The summed E-state index contributed by atoms with van der Waals surface area (Å²) in [6, 6.07) is 11.3. The number of halogens is 1. The van der Waals surface area contributed by atoms with E-state index in [0.717, 1.165) is 16.8 Å². The lowest BCUT2D eigenvalue weighted by Gasteiger charge is -2.18. The molecule has 0 radical (unpaired) electrons. The Hall–Kier alpha value is -2.89. The Balaban J connectivity index is 1.62. The highest BCUT2D eigenvalue weighted by Crippen LogP contribution is 2.21. The molecule has 1 aliphatic heterocycles. The van der Waals surface area contributed by atoms with E-state index in [2.05, 4.69) is 5.32 Å². The lowest BCUT2D eigenvalue weighted by Crippen LogP contribution is -2.37. The van der Waals surface area contributed by atoms with E-state index in [-0.39, 0.29) is 24.3 Å². The Morgan fingerprint density at radius 3 is 2.52 bits per heavy atom. The molecule has 3 rings (SSSR count). The first kappa shape index (κ1) is 17.0. The molecule has 1 heterocycles. The first-order valence-electron chi connectivity index (χ1n) is 8.13. The van der Waals surface area contributed by atoms with Crippen LogP contribution in [0.15, 0.2) is 42.5 Å². The van der Waals surface area contributed by atoms with Gasteiger partial charge in [0.05, 0.1) is 0 Å². The fourth-order valence-corrected chi connectivity index (χ4v) is 2.91. The first-order chi connectivity index (χ1) is 11.9. The Morgan fingerprint density at radius 2 is 1.84 bits per heavy atom. The molecular formula is C19H20FN3O2. The van der Waals surface area contributed by atoms with Crippen LogP contribution in [-0.4, -0.2) is 36.5 Å². The molecule has 0 aliphatic carbocycles. The Bertz CT molecular complexity index is 805. The van der Waals surface area contributed by atoms with Gasteiger partial charge in [0.2, 0.25) is 5.91 Å². The van der Waals surface area contributed by atoms with Gasteiger partial charge in [-0.25, -0.2) is 9.18 Å². The smallest absolute Gasteiger partial charge is 0.324 e. The zero-order valence-electron chi connectivity index (χ0n) is 14.3. The molecule has 1 aliphatic rings. The summed E-state index contributed by atoms with van der Waals surface area (Å²) in [6.07, 6.45) is 0. The molecule has 0 atom stereocenters. The van der Waals surface area contributed by atoms with E-state index in [9.17, 15) is 14.0 Å². The van der Waals surface area contributed by atoms with Crippen LogP contribution >= 0.6 is 0 Å². The maximum atomic E-state index is 13.0. The lowest BCUT2D eigenvalue weighted by atomic mass is 10.1. The van der Waals surface area contributed by atoms with Crippen LogP contribution in [0, 0.1) is 19.7 Å². The number of anilines is 2. The Labute approximate surface area is 146 Å². The van der Waals surface area contributed by atoms with Crippen LogP contribution in [0.1, 0.15) is 11.1 Å². The molecule has 1 fully saturated rings. The standard InChI is InChI=1S/C19H20FN3O2/c1-13-3-8-17(14(2)11-13)21-18(24)12-22-9-10-23(19(22)25)16-6-4-15(20)5-7-16/h3-8,11H,9-10,12H2,1-2H3,(H,21,24). The predicted molar refractivity (Wildman–Crippen MR) is 95.3 cm³/mol. The zero-order valence-corrected chi connectivity index (χ0v) is 14.3. The van der Waals surface area contributed by atoms with Crippen molar-refractivity contribution in [3.8, 4) is 0 Å². The summed E-state index contributed by atoms with van der Waals surface area (Å²) in [6.45, 7) is 4.84. The second-order valence-electron chi connectivity index (χ2n) is 6.20. The van der Waals surface area contributed by atoms with Crippen molar-refractivity contribution in [1.82, 2.24) is 4.90 Å². The van der Waals surface area contributed by atoms with Crippen LogP contribution in [0.2, 0.25) is 0 Å². The van der Waals surface area contributed by atoms with Crippen molar-refractivity contribution in [1.29, 1.82) is 0 Å². The SMILES string of the molecule is Cc1ccc(NC(=O)CN2CCN(c3ccc(F)cc3)C2=O)c(C)c1. The van der Waals surface area contributed by atoms with E-state index >= 15 is 0 Å². The minimum absolute atomic E-state index is 0.0101. The lowest BCUT2D eigenvalue weighted by molar-refractivity contribution is -0.116. The molecule has 3 amide bonds. The van der Waals surface area contributed by atoms with Crippen LogP contribution in [-0.2, 0) is 4.79 Å². The number of nitrogens with one attached hydrogen (secondary N) is 1. The van der Waals surface area contributed by atoms with Crippen LogP contribution in [0.5, 0.6) is 0 Å². The Kier molecular flexibility index (Phi) is 4.70. The van der Waals surface area contributed by atoms with Crippen molar-refractivity contribution in [2.45, 2.75) is 13.8 Å². The molecule has 0 bridgehead atoms. The van der Waals surface area contributed by atoms with Gasteiger partial charge < -0.3 is 10.2 Å². The molecule has 0 aromatic heterocycles. The number of hydrogen-bond donors (Lipinski definition) is 1. The van der Waals surface area contributed by atoms with Gasteiger partial charge in [0.1, 0.15) is 12.4 Å². The van der Waals surface area contributed by atoms with Gasteiger partial charge in [-0.15, -0.1) is 0 Å². The summed E-state index contributed by atoms with van der Waals surface area (Å²) in [5.74, 6) is -0.582. The zero-order chi connectivity index (χ0) is 18.0. The molecular weight excluding hydrogens is 321 g/mol. The highest BCUT2D eigenvalue weighted by molar-refractivity contribution is 5.99. The molecule has 2 aromatic carbocycles. The summed E-state index contributed by atoms with van der Waals surface area (Å²) in [5, 5.41) is 2.85. The first-order valence-corrected chi connectivity index (χ1v) is 8.13. The Morgan fingerprint density at radius 1 is 1.12 bits per heavy atom. The number of rotatable bonds is 4. The van der Waals surface area contributed by atoms with Crippen LogP contribution in [0.25, 0.3) is 0 Å². The average Bonchev–Trinajstić information content (AvgIpc) is 2.92. The highest BCUT2D eigenvalue weighted by Gasteiger charge is 2.30. The molecule has 2 aromatic rings. The maximum absolute atomic E-state index is 13.0. The van der Waals surface area contributed by atoms with Crippen LogP contribution in [0.4, 0.5) is 20.6 Å². The molecule has 1 N–H and O–H groups in total. The molecule has 0 spiro atoms. The molecule has 130 valence electrons. The fourth-order valence-electron chi connectivity index (χ4n) is 2.91. The second kappa shape index (κ2) is 6.93. The number of urea groups is 1. The van der Waals surface area contributed by atoms with Gasteiger partial charge >= 0.3 is 6.03 Å². The minimum atomic E-state index is -0.347. The number of benzene rings is 2. The molecule has 0 unspecified atom stereocenters. The largest absolute Gasteiger partial charge is 0.325 e. The van der Waals surface area contributed by atoms with Crippen molar-refractivity contribution in [2.75, 3.05) is 29.9 Å². The van der Waals surface area contributed by atoms with Crippen LogP contribution in [0.3, 0.4) is 0 Å². The number of carbonyl (C=O) groups is 2. The normalized spacial score (nSPS) is 14.1. The highest BCUT2D eigenvalue weighted by atomic mass is 19.1. The average molecular weight is 341 g/mol. The third-order valence-electron chi connectivity index (χ3n) is 4.22. The van der Waals surface area contributed by atoms with Crippen molar-refractivity contribution in [3.05, 3.63) is 59.4 Å². The topological polar surface area (TPSA) is 52.7 Å². The van der Waals surface area contributed by atoms with E-state index < -0.39 is 0 Å². The van der Waals surface area contributed by atoms with E-state index in [1.165, 1.54) is 17.0 Å². The van der Waals surface area contributed by atoms with Crippen molar-refractivity contribution >= 4 is 23.3 Å². The van der Waals surface area contributed by atoms with E-state index in [4.69, 9.17) is 0 Å². The van der Waals surface area contributed by atoms with E-state index in [1.807, 2.05) is 32.0 Å². The van der Waals surface area contributed by atoms with Crippen molar-refractivity contribution < 1.29 is 14.0 Å². The van der Waals surface area contributed by atoms with Gasteiger partial charge in [0, 0.05) is 24.5 Å². The molecule has 1 saturated heterocycles. The van der Waals surface area contributed by atoms with Crippen LogP contribution < -0.4 is 10.2 Å². The van der Waals surface area contributed by atoms with E-state index in [0.29, 0.717) is 18.8 Å². The predicted octanol–water partition coefficient (Wildman–Crippen LogP) is 3.32. The van der Waals surface area contributed by atoms with Gasteiger partial charge in [-0.2, -0.15) is 0 Å². The number of hydrogen-bond acceptors (Lipinski definition) is 2. The van der Waals surface area contributed by atoms with Gasteiger partial charge in [-0.1, -0.05) is 17.7 Å². The minimum Gasteiger partial charge on any atom is -0.324 e. The summed E-state index contributed by atoms with van der Waals surface area (Å²) >= 11 is 0. The molecule has 25 heavy (non-hydrogen) atoms. The number of carbonyl (C=O) groups excluding carboxylic acids is 2. The quantitative estimate of drug-likeness (QED) is 0.927. The van der Waals surface area contributed by atoms with Gasteiger partial charge in [0.25, 0.3) is 0 Å². The number of nitrogens with zero attached hydrogens (tertiary/aromatic N) is 2. The van der Waals surface area contributed by atoms with Crippen molar-refractivity contribution in [3.63, 3.8) is 0 Å². The molecule has 0 saturated carbocycles. The summed E-state index contributed by atoms with van der Waals surface area (Å²) < 4.78 is 13.0. The number of amides is 3. The monoisotopic (exact) mass is 341 g/mol. The maximum Gasteiger partial charge on any atom is 0.325 e. The molecule has 5 nitrogen and oxygen atoms in total. The third-order valence-corrected chi connectivity index (χ3v) is 4.22. The fraction of sp³-hybridized carbons (Fsp3) is 0.263. The summed E-state index contributed by atoms with van der Waals surface area (Å²) in [5.41, 5.74) is 3.48. The third kappa shape index (κ3) is 3.79. The number of aryl methyl sites for hydroxylation is 2. The van der Waals surface area contributed by atoms with Crippen molar-refractivity contribution in [2.24, 2.45) is 0 Å².